The molecule has 21 heavy (non-hydrogen) atoms. The third-order valence-electron chi connectivity index (χ3n) is 4.43. The van der Waals surface area contributed by atoms with Crippen LogP contribution < -0.4 is 5.32 Å². The minimum absolute atomic E-state index is 0.273. The number of likely N-dealkylation sites (N-methyl/N-ethyl adjacent to an activating group) is 1. The van der Waals surface area contributed by atoms with E-state index in [0.29, 0.717) is 0 Å². The number of guanidine groups is 1. The Morgan fingerprint density at radius 3 is 2.81 bits per heavy atom. The molecular weight excluding hydrogens is 264 g/mol. The van der Waals surface area contributed by atoms with Crippen LogP contribution in [0.15, 0.2) is 4.99 Å². The first kappa shape index (κ1) is 16.6. The second-order valence-corrected chi connectivity index (χ2v) is 6.91. The van der Waals surface area contributed by atoms with Crippen LogP contribution in [0.1, 0.15) is 26.7 Å². The Bertz CT molecular complexity index is 345. The van der Waals surface area contributed by atoms with Crippen LogP contribution in [0, 0.1) is 11.8 Å². The lowest BCUT2D eigenvalue weighted by atomic mass is 9.97. The minimum atomic E-state index is 0.273. The first-order valence-electron chi connectivity index (χ1n) is 8.34. The van der Waals surface area contributed by atoms with Crippen LogP contribution in [-0.4, -0.2) is 75.3 Å². The normalized spacial score (nSPS) is 28.4. The van der Waals surface area contributed by atoms with E-state index < -0.39 is 0 Å². The van der Waals surface area contributed by atoms with Crippen molar-refractivity contribution in [3.05, 3.63) is 0 Å². The Kier molecular flexibility index (Phi) is 6.30. The van der Waals surface area contributed by atoms with Crippen LogP contribution in [0.2, 0.25) is 0 Å². The molecule has 0 aliphatic carbocycles. The lowest BCUT2D eigenvalue weighted by Crippen LogP contribution is -2.49. The summed E-state index contributed by atoms with van der Waals surface area (Å²) in [6, 6.07) is 0. The van der Waals surface area contributed by atoms with Crippen molar-refractivity contribution in [3.63, 3.8) is 0 Å². The van der Waals surface area contributed by atoms with Crippen LogP contribution >= 0.6 is 0 Å². The Morgan fingerprint density at radius 1 is 1.33 bits per heavy atom. The maximum atomic E-state index is 5.80. The maximum Gasteiger partial charge on any atom is 0.193 e. The minimum Gasteiger partial charge on any atom is -0.374 e. The molecule has 2 unspecified atom stereocenters. The van der Waals surface area contributed by atoms with Crippen LogP contribution in [0.4, 0.5) is 0 Å². The lowest BCUT2D eigenvalue weighted by Gasteiger charge is -2.31. The van der Waals surface area contributed by atoms with E-state index in [2.05, 4.69) is 41.0 Å². The Hall–Kier alpha value is -0.810. The molecule has 2 aliphatic rings. The number of morpholine rings is 1. The summed E-state index contributed by atoms with van der Waals surface area (Å²) in [6.07, 6.45) is 2.89. The van der Waals surface area contributed by atoms with Gasteiger partial charge in [0.1, 0.15) is 0 Å². The zero-order valence-corrected chi connectivity index (χ0v) is 14.1. The molecule has 0 aromatic heterocycles. The van der Waals surface area contributed by atoms with Crippen molar-refractivity contribution in [1.29, 1.82) is 0 Å². The van der Waals surface area contributed by atoms with Gasteiger partial charge in [0, 0.05) is 39.8 Å². The van der Waals surface area contributed by atoms with Crippen molar-refractivity contribution in [2.24, 2.45) is 16.8 Å². The van der Waals surface area contributed by atoms with E-state index in [1.165, 1.54) is 12.8 Å². The number of nitrogens with zero attached hydrogens (tertiary/aromatic N) is 3. The number of nitrogens with one attached hydrogen (secondary N) is 1. The molecule has 2 atom stereocenters. The molecule has 122 valence electrons. The van der Waals surface area contributed by atoms with Crippen LogP contribution in [0.3, 0.4) is 0 Å². The molecule has 2 fully saturated rings. The first-order chi connectivity index (χ1) is 10.1. The number of hydrogen-bond donors (Lipinski definition) is 1. The average Bonchev–Trinajstić information content (AvgIpc) is 2.87. The standard InChI is InChI=1S/C16H32N4O/c1-13(2)9-14-5-6-20(11-14)16(17-3)18-10-15-12-19(4)7-8-21-15/h13-15H,5-12H2,1-4H3,(H,17,18). The number of ether oxygens (including phenoxy) is 1. The van der Waals surface area contributed by atoms with Gasteiger partial charge in [0.15, 0.2) is 5.96 Å². The largest absolute Gasteiger partial charge is 0.374 e. The summed E-state index contributed by atoms with van der Waals surface area (Å²) in [5, 5.41) is 3.50. The van der Waals surface area contributed by atoms with E-state index in [0.717, 1.165) is 57.1 Å². The quantitative estimate of drug-likeness (QED) is 0.626. The third kappa shape index (κ3) is 5.15. The summed E-state index contributed by atoms with van der Waals surface area (Å²) in [6.45, 7) is 10.6. The second-order valence-electron chi connectivity index (χ2n) is 6.91. The van der Waals surface area contributed by atoms with Gasteiger partial charge in [-0.05, 0) is 31.7 Å². The van der Waals surface area contributed by atoms with E-state index in [-0.39, 0.29) is 6.10 Å². The predicted octanol–water partition coefficient (Wildman–Crippen LogP) is 1.26. The molecular formula is C16H32N4O. The molecule has 0 saturated carbocycles. The van der Waals surface area contributed by atoms with Crippen molar-refractivity contribution in [2.45, 2.75) is 32.8 Å². The summed E-state index contributed by atoms with van der Waals surface area (Å²) < 4.78 is 5.80. The van der Waals surface area contributed by atoms with Gasteiger partial charge in [-0.25, -0.2) is 0 Å². The van der Waals surface area contributed by atoms with Gasteiger partial charge in [0.2, 0.25) is 0 Å². The van der Waals surface area contributed by atoms with E-state index in [9.17, 15) is 0 Å². The highest BCUT2D eigenvalue weighted by molar-refractivity contribution is 5.80. The molecule has 0 aromatic rings. The number of rotatable bonds is 4. The van der Waals surface area contributed by atoms with Crippen LogP contribution in [-0.2, 0) is 4.74 Å². The van der Waals surface area contributed by atoms with Gasteiger partial charge in [0.05, 0.1) is 12.7 Å². The molecule has 5 nitrogen and oxygen atoms in total. The zero-order chi connectivity index (χ0) is 15.2. The summed E-state index contributed by atoms with van der Waals surface area (Å²) in [4.78, 5) is 9.18. The first-order valence-corrected chi connectivity index (χ1v) is 8.34. The fraction of sp³-hybridized carbons (Fsp3) is 0.938. The van der Waals surface area contributed by atoms with Crippen molar-refractivity contribution in [3.8, 4) is 0 Å². The summed E-state index contributed by atoms with van der Waals surface area (Å²) in [5.74, 6) is 2.65. The molecule has 0 bridgehead atoms. The molecule has 0 radical (unpaired) electrons. The molecule has 2 aliphatic heterocycles. The Morgan fingerprint density at radius 2 is 2.14 bits per heavy atom. The van der Waals surface area contributed by atoms with Crippen molar-refractivity contribution in [1.82, 2.24) is 15.1 Å². The second kappa shape index (κ2) is 7.99. The Labute approximate surface area is 129 Å². The van der Waals surface area contributed by atoms with Gasteiger partial charge >= 0.3 is 0 Å². The molecule has 2 rings (SSSR count). The summed E-state index contributed by atoms with van der Waals surface area (Å²) >= 11 is 0. The zero-order valence-electron chi connectivity index (χ0n) is 14.1. The van der Waals surface area contributed by atoms with Gasteiger partial charge in [0.25, 0.3) is 0 Å². The highest BCUT2D eigenvalue weighted by atomic mass is 16.5. The maximum absolute atomic E-state index is 5.80. The van der Waals surface area contributed by atoms with E-state index in [1.807, 2.05) is 7.05 Å². The monoisotopic (exact) mass is 296 g/mol. The predicted molar refractivity (Wildman–Crippen MR) is 87.7 cm³/mol. The van der Waals surface area contributed by atoms with E-state index in [4.69, 9.17) is 4.74 Å². The van der Waals surface area contributed by atoms with Crippen molar-refractivity contribution in [2.75, 3.05) is 53.4 Å². The van der Waals surface area contributed by atoms with Crippen LogP contribution in [0.5, 0.6) is 0 Å². The Balaban J connectivity index is 1.76. The average molecular weight is 296 g/mol. The summed E-state index contributed by atoms with van der Waals surface area (Å²) in [7, 11) is 4.04. The molecule has 1 N–H and O–H groups in total. The molecule has 0 aromatic carbocycles. The van der Waals surface area contributed by atoms with Gasteiger partial charge in [-0.1, -0.05) is 13.8 Å². The summed E-state index contributed by atoms with van der Waals surface area (Å²) in [5.41, 5.74) is 0. The smallest absolute Gasteiger partial charge is 0.193 e. The van der Waals surface area contributed by atoms with E-state index >= 15 is 0 Å². The molecule has 2 saturated heterocycles. The van der Waals surface area contributed by atoms with Gasteiger partial charge < -0.3 is 19.9 Å². The number of hydrogen-bond acceptors (Lipinski definition) is 3. The van der Waals surface area contributed by atoms with Gasteiger partial charge in [-0.2, -0.15) is 0 Å². The van der Waals surface area contributed by atoms with Gasteiger partial charge in [-0.15, -0.1) is 0 Å². The molecule has 0 spiro atoms. The fourth-order valence-corrected chi connectivity index (χ4v) is 3.41. The molecule has 0 amide bonds. The molecule has 5 heteroatoms. The highest BCUT2D eigenvalue weighted by Gasteiger charge is 2.26. The SMILES string of the molecule is CN=C(NCC1CN(C)CCO1)N1CCC(CC(C)C)C1. The number of aliphatic imine (C=N–C) groups is 1. The fourth-order valence-electron chi connectivity index (χ4n) is 3.41. The topological polar surface area (TPSA) is 40.1 Å². The van der Waals surface area contributed by atoms with Crippen LogP contribution in [0.25, 0.3) is 0 Å². The van der Waals surface area contributed by atoms with Gasteiger partial charge in [-0.3, -0.25) is 4.99 Å². The lowest BCUT2D eigenvalue weighted by molar-refractivity contribution is -0.0163. The van der Waals surface area contributed by atoms with E-state index in [1.54, 1.807) is 0 Å². The highest BCUT2D eigenvalue weighted by Crippen LogP contribution is 2.23. The van der Waals surface area contributed by atoms with Crippen molar-refractivity contribution < 1.29 is 4.74 Å². The van der Waals surface area contributed by atoms with Crippen molar-refractivity contribution >= 4 is 5.96 Å². The molecule has 2 heterocycles. The number of likely N-dealkylation sites (tertiary alicyclic amines) is 1. The third-order valence-corrected chi connectivity index (χ3v) is 4.43.